The number of carbonyl (C=O) groups is 1. The first-order valence-corrected chi connectivity index (χ1v) is 4.85. The molecule has 0 aliphatic rings. The van der Waals surface area contributed by atoms with Crippen LogP contribution in [-0.2, 0) is 4.79 Å². The number of halogens is 2. The second-order valence-electron chi connectivity index (χ2n) is 2.81. The summed E-state index contributed by atoms with van der Waals surface area (Å²) in [5.74, 6) is -6.27. The highest BCUT2D eigenvalue weighted by Gasteiger charge is 2.38. The molecule has 0 saturated heterocycles. The molecule has 0 heterocycles. The highest BCUT2D eigenvalue weighted by molar-refractivity contribution is 7.99. The summed E-state index contributed by atoms with van der Waals surface area (Å²) in [6.07, 6.45) is 0. The SMILES string of the molecule is CC(CO)CSCC(F)(F)C(=O)O. The minimum Gasteiger partial charge on any atom is -0.477 e. The van der Waals surface area contributed by atoms with Gasteiger partial charge in [-0.2, -0.15) is 20.5 Å². The maximum absolute atomic E-state index is 12.4. The molecule has 0 spiro atoms. The van der Waals surface area contributed by atoms with Gasteiger partial charge in [-0.05, 0) is 11.7 Å². The van der Waals surface area contributed by atoms with Crippen LogP contribution in [0.25, 0.3) is 0 Å². The van der Waals surface area contributed by atoms with E-state index in [0.29, 0.717) is 5.75 Å². The van der Waals surface area contributed by atoms with Gasteiger partial charge in [-0.25, -0.2) is 4.79 Å². The molecule has 0 aliphatic carbocycles. The summed E-state index contributed by atoms with van der Waals surface area (Å²) < 4.78 is 24.8. The van der Waals surface area contributed by atoms with Gasteiger partial charge in [-0.1, -0.05) is 6.92 Å². The Balaban J connectivity index is 3.70. The van der Waals surface area contributed by atoms with Crippen molar-refractivity contribution in [1.82, 2.24) is 0 Å². The molecule has 78 valence electrons. The molecule has 0 aromatic rings. The minimum atomic E-state index is -3.67. The van der Waals surface area contributed by atoms with Crippen LogP contribution in [0.2, 0.25) is 0 Å². The van der Waals surface area contributed by atoms with Gasteiger partial charge >= 0.3 is 11.9 Å². The van der Waals surface area contributed by atoms with E-state index < -0.39 is 17.6 Å². The summed E-state index contributed by atoms with van der Waals surface area (Å²) in [5, 5.41) is 16.6. The third-order valence-corrected chi connectivity index (χ3v) is 2.68. The van der Waals surface area contributed by atoms with Crippen molar-refractivity contribution in [2.45, 2.75) is 12.8 Å². The Kier molecular flexibility index (Phi) is 5.24. The molecular formula is C7H12F2O3S. The summed E-state index contributed by atoms with van der Waals surface area (Å²) in [5.41, 5.74) is 0. The number of hydrogen-bond donors (Lipinski definition) is 2. The first kappa shape index (κ1) is 12.6. The van der Waals surface area contributed by atoms with E-state index in [1.807, 2.05) is 0 Å². The van der Waals surface area contributed by atoms with Crippen molar-refractivity contribution >= 4 is 17.7 Å². The molecule has 0 aromatic carbocycles. The molecule has 0 radical (unpaired) electrons. The lowest BCUT2D eigenvalue weighted by molar-refractivity contribution is -0.161. The Morgan fingerprint density at radius 2 is 2.15 bits per heavy atom. The van der Waals surface area contributed by atoms with E-state index in [2.05, 4.69) is 0 Å². The van der Waals surface area contributed by atoms with Gasteiger partial charge in [0, 0.05) is 6.61 Å². The van der Waals surface area contributed by atoms with Crippen molar-refractivity contribution < 1.29 is 23.8 Å². The van der Waals surface area contributed by atoms with Crippen LogP contribution in [0.3, 0.4) is 0 Å². The number of aliphatic hydroxyl groups is 1. The van der Waals surface area contributed by atoms with Crippen LogP contribution in [-0.4, -0.2) is 40.2 Å². The van der Waals surface area contributed by atoms with Crippen molar-refractivity contribution in [2.24, 2.45) is 5.92 Å². The van der Waals surface area contributed by atoms with Crippen molar-refractivity contribution in [3.8, 4) is 0 Å². The number of thioether (sulfide) groups is 1. The Hall–Kier alpha value is -0.360. The zero-order valence-electron chi connectivity index (χ0n) is 7.17. The molecule has 3 nitrogen and oxygen atoms in total. The maximum Gasteiger partial charge on any atom is 0.375 e. The predicted octanol–water partition coefficient (Wildman–Crippen LogP) is 1.07. The standard InChI is InChI=1S/C7H12F2O3S/c1-5(2-10)3-13-4-7(8,9)6(11)12/h5,10H,2-4H2,1H3,(H,11,12). The molecule has 0 aliphatic heterocycles. The lowest BCUT2D eigenvalue weighted by Crippen LogP contribution is -2.31. The van der Waals surface area contributed by atoms with Crippen molar-refractivity contribution in [3.05, 3.63) is 0 Å². The average Bonchev–Trinajstić information content (AvgIpc) is 2.03. The third kappa shape index (κ3) is 5.05. The Morgan fingerprint density at radius 1 is 1.62 bits per heavy atom. The van der Waals surface area contributed by atoms with Crippen LogP contribution in [0.15, 0.2) is 0 Å². The number of aliphatic carboxylic acids is 1. The average molecular weight is 214 g/mol. The molecule has 0 rings (SSSR count). The number of carboxylic acids is 1. The molecule has 0 amide bonds. The largest absolute Gasteiger partial charge is 0.477 e. The van der Waals surface area contributed by atoms with Crippen LogP contribution in [0, 0.1) is 5.92 Å². The van der Waals surface area contributed by atoms with E-state index in [1.165, 1.54) is 0 Å². The monoisotopic (exact) mass is 214 g/mol. The Labute approximate surface area is 79.1 Å². The molecule has 6 heteroatoms. The van der Waals surface area contributed by atoms with Crippen LogP contribution in [0.1, 0.15) is 6.92 Å². The van der Waals surface area contributed by atoms with Gasteiger partial charge in [0.05, 0.1) is 5.75 Å². The van der Waals surface area contributed by atoms with Crippen LogP contribution in [0.5, 0.6) is 0 Å². The highest BCUT2D eigenvalue weighted by Crippen LogP contribution is 2.21. The minimum absolute atomic E-state index is 0.0777. The molecule has 1 atom stereocenters. The van der Waals surface area contributed by atoms with E-state index in [4.69, 9.17) is 10.2 Å². The van der Waals surface area contributed by atoms with Crippen molar-refractivity contribution in [1.29, 1.82) is 0 Å². The van der Waals surface area contributed by atoms with Crippen LogP contribution >= 0.6 is 11.8 Å². The van der Waals surface area contributed by atoms with Crippen LogP contribution in [0.4, 0.5) is 8.78 Å². The molecule has 2 N–H and O–H groups in total. The molecule has 0 bridgehead atoms. The van der Waals surface area contributed by atoms with Gasteiger partial charge in [-0.15, -0.1) is 0 Å². The molecule has 0 fully saturated rings. The van der Waals surface area contributed by atoms with E-state index in [-0.39, 0.29) is 12.5 Å². The molecule has 13 heavy (non-hydrogen) atoms. The Morgan fingerprint density at radius 3 is 2.54 bits per heavy atom. The summed E-state index contributed by atoms with van der Waals surface area (Å²) in [6, 6.07) is 0. The number of carboxylic acid groups (broad SMARTS) is 1. The van der Waals surface area contributed by atoms with Gasteiger partial charge in [0.25, 0.3) is 0 Å². The molecular weight excluding hydrogens is 202 g/mol. The van der Waals surface area contributed by atoms with E-state index in [1.54, 1.807) is 6.92 Å². The lowest BCUT2D eigenvalue weighted by atomic mass is 10.2. The van der Waals surface area contributed by atoms with Crippen LogP contribution < -0.4 is 0 Å². The van der Waals surface area contributed by atoms with Crippen molar-refractivity contribution in [3.63, 3.8) is 0 Å². The van der Waals surface area contributed by atoms with E-state index in [0.717, 1.165) is 11.8 Å². The summed E-state index contributed by atoms with van der Waals surface area (Å²) in [6.45, 7) is 1.62. The Bertz CT molecular complexity index is 175. The topological polar surface area (TPSA) is 57.5 Å². The summed E-state index contributed by atoms with van der Waals surface area (Å²) in [4.78, 5) is 9.95. The predicted molar refractivity (Wildman–Crippen MR) is 46.2 cm³/mol. The molecule has 1 unspecified atom stereocenters. The fourth-order valence-electron chi connectivity index (χ4n) is 0.503. The third-order valence-electron chi connectivity index (χ3n) is 1.31. The fourth-order valence-corrected chi connectivity index (χ4v) is 1.51. The number of rotatable bonds is 6. The quantitative estimate of drug-likeness (QED) is 0.694. The van der Waals surface area contributed by atoms with Gasteiger partial charge < -0.3 is 10.2 Å². The van der Waals surface area contributed by atoms with E-state index >= 15 is 0 Å². The molecule has 0 aromatic heterocycles. The normalized spacial score (nSPS) is 14.2. The number of alkyl halides is 2. The fraction of sp³-hybridized carbons (Fsp3) is 0.857. The smallest absolute Gasteiger partial charge is 0.375 e. The summed E-state index contributed by atoms with van der Waals surface area (Å²) in [7, 11) is 0. The van der Waals surface area contributed by atoms with Gasteiger partial charge in [-0.3, -0.25) is 0 Å². The second kappa shape index (κ2) is 5.39. The van der Waals surface area contributed by atoms with Crippen molar-refractivity contribution in [2.75, 3.05) is 18.1 Å². The van der Waals surface area contributed by atoms with E-state index in [9.17, 15) is 13.6 Å². The maximum atomic E-state index is 12.4. The second-order valence-corrected chi connectivity index (χ2v) is 3.84. The van der Waals surface area contributed by atoms with Gasteiger partial charge in [0.15, 0.2) is 0 Å². The van der Waals surface area contributed by atoms with Gasteiger partial charge in [0.1, 0.15) is 0 Å². The lowest BCUT2D eigenvalue weighted by Gasteiger charge is -2.12. The first-order valence-electron chi connectivity index (χ1n) is 3.70. The molecule has 0 saturated carbocycles. The first-order chi connectivity index (χ1) is 5.90. The number of aliphatic hydroxyl groups excluding tert-OH is 1. The zero-order chi connectivity index (χ0) is 10.5. The zero-order valence-corrected chi connectivity index (χ0v) is 7.98. The summed E-state index contributed by atoms with van der Waals surface area (Å²) >= 11 is 0.830. The number of hydrogen-bond acceptors (Lipinski definition) is 3. The van der Waals surface area contributed by atoms with Gasteiger partial charge in [0.2, 0.25) is 0 Å². The highest BCUT2D eigenvalue weighted by atomic mass is 32.2.